The van der Waals surface area contributed by atoms with E-state index in [0.717, 1.165) is 51.1 Å². The van der Waals surface area contributed by atoms with Crippen molar-refractivity contribution in [2.45, 2.75) is 52.6 Å². The monoisotopic (exact) mass is 516 g/mol. The highest BCUT2D eigenvalue weighted by Gasteiger charge is 2.26. The molecular weight excluding hydrogens is 479 g/mol. The minimum absolute atomic E-state index is 0.0385. The van der Waals surface area contributed by atoms with Gasteiger partial charge < -0.3 is 15.5 Å². The number of carbonyl (C=O) groups excluding carboxylic acids is 2. The van der Waals surface area contributed by atoms with E-state index in [2.05, 4.69) is 54.2 Å². The fourth-order valence-electron chi connectivity index (χ4n) is 4.79. The Hall–Kier alpha value is -2.48. The van der Waals surface area contributed by atoms with Gasteiger partial charge >= 0.3 is 0 Å². The van der Waals surface area contributed by atoms with E-state index < -0.39 is 5.82 Å². The second kappa shape index (κ2) is 13.2. The number of nitrogens with one attached hydrogen (secondary N) is 2. The minimum Gasteiger partial charge on any atom is -0.351 e. The molecule has 8 heteroatoms. The van der Waals surface area contributed by atoms with E-state index >= 15 is 0 Å². The molecular formula is C28H38ClFN4O2. The van der Waals surface area contributed by atoms with Crippen LogP contribution in [0.1, 0.15) is 71.5 Å². The highest BCUT2D eigenvalue weighted by molar-refractivity contribution is 6.31. The van der Waals surface area contributed by atoms with E-state index in [1.54, 1.807) is 0 Å². The van der Waals surface area contributed by atoms with Crippen molar-refractivity contribution in [3.05, 3.63) is 69.5 Å². The van der Waals surface area contributed by atoms with Crippen molar-refractivity contribution >= 4 is 23.4 Å². The van der Waals surface area contributed by atoms with Gasteiger partial charge in [0, 0.05) is 49.4 Å². The fraction of sp³-hybridized carbons (Fsp3) is 0.500. The van der Waals surface area contributed by atoms with Crippen molar-refractivity contribution < 1.29 is 14.0 Å². The van der Waals surface area contributed by atoms with Gasteiger partial charge in [-0.25, -0.2) is 4.39 Å². The Morgan fingerprint density at radius 1 is 1.08 bits per heavy atom. The summed E-state index contributed by atoms with van der Waals surface area (Å²) in [5.74, 6) is -0.802. The number of piperidine rings is 1. The lowest BCUT2D eigenvalue weighted by Crippen LogP contribution is -2.45. The van der Waals surface area contributed by atoms with Crippen LogP contribution in [-0.4, -0.2) is 66.9 Å². The number of aryl methyl sites for hydroxylation is 1. The molecule has 1 aliphatic rings. The average molecular weight is 517 g/mol. The average Bonchev–Trinajstić information content (AvgIpc) is 2.88. The minimum atomic E-state index is -0.533. The number of rotatable bonds is 10. The van der Waals surface area contributed by atoms with Crippen LogP contribution in [0.4, 0.5) is 4.39 Å². The predicted molar refractivity (Wildman–Crippen MR) is 143 cm³/mol. The summed E-state index contributed by atoms with van der Waals surface area (Å²) in [6.07, 6.45) is 1.66. The van der Waals surface area contributed by atoms with Crippen LogP contribution in [-0.2, 0) is 0 Å². The molecule has 3 rings (SSSR count). The Morgan fingerprint density at radius 3 is 2.33 bits per heavy atom. The van der Waals surface area contributed by atoms with Gasteiger partial charge in [0.2, 0.25) is 0 Å². The Bertz CT molecular complexity index is 1050. The van der Waals surface area contributed by atoms with Gasteiger partial charge in [-0.1, -0.05) is 31.5 Å². The molecule has 6 nitrogen and oxygen atoms in total. The fourth-order valence-corrected chi connectivity index (χ4v) is 4.97. The molecule has 0 bridgehead atoms. The number of nitrogens with zero attached hydrogens (tertiary/aromatic N) is 2. The van der Waals surface area contributed by atoms with E-state index in [-0.39, 0.29) is 28.9 Å². The third-order valence-corrected chi connectivity index (χ3v) is 7.47. The number of likely N-dealkylation sites (tertiary alicyclic amines) is 1. The maximum absolute atomic E-state index is 13.4. The van der Waals surface area contributed by atoms with Gasteiger partial charge in [0.05, 0.1) is 5.02 Å². The first-order chi connectivity index (χ1) is 17.2. The Kier molecular flexibility index (Phi) is 10.3. The standard InChI is InChI=1S/C28H38ClFN4O2/c1-5-33(6-2)16-13-31-27(35)21-7-9-24(19(3)17-21)20(4)34-14-11-23(12-15-34)32-28(36)22-8-10-26(30)25(29)18-22/h7-10,17-18,20,23H,5-6,11-16H2,1-4H3,(H,31,35)(H,32,36). The van der Waals surface area contributed by atoms with Crippen molar-refractivity contribution in [2.24, 2.45) is 0 Å². The van der Waals surface area contributed by atoms with Crippen LogP contribution in [0.5, 0.6) is 0 Å². The molecule has 1 fully saturated rings. The Morgan fingerprint density at radius 2 is 1.72 bits per heavy atom. The van der Waals surface area contributed by atoms with Crippen LogP contribution in [0.25, 0.3) is 0 Å². The van der Waals surface area contributed by atoms with E-state index in [4.69, 9.17) is 11.6 Å². The topological polar surface area (TPSA) is 64.7 Å². The van der Waals surface area contributed by atoms with Gasteiger partial charge in [-0.05, 0) is 81.2 Å². The molecule has 2 aromatic rings. The van der Waals surface area contributed by atoms with Crippen LogP contribution in [0, 0.1) is 12.7 Å². The third-order valence-electron chi connectivity index (χ3n) is 7.18. The second-order valence-electron chi connectivity index (χ2n) is 9.44. The molecule has 196 valence electrons. The van der Waals surface area contributed by atoms with Crippen molar-refractivity contribution in [1.82, 2.24) is 20.4 Å². The second-order valence-corrected chi connectivity index (χ2v) is 9.85. The van der Waals surface area contributed by atoms with Gasteiger partial charge in [-0.3, -0.25) is 14.5 Å². The van der Waals surface area contributed by atoms with Crippen molar-refractivity contribution in [1.29, 1.82) is 0 Å². The molecule has 0 radical (unpaired) electrons. The molecule has 2 N–H and O–H groups in total. The van der Waals surface area contributed by atoms with Gasteiger partial charge in [-0.15, -0.1) is 0 Å². The molecule has 1 saturated heterocycles. The number of hydrogen-bond donors (Lipinski definition) is 2. The molecule has 0 spiro atoms. The van der Waals surface area contributed by atoms with E-state index in [9.17, 15) is 14.0 Å². The number of benzene rings is 2. The normalized spacial score (nSPS) is 15.6. The smallest absolute Gasteiger partial charge is 0.251 e. The summed E-state index contributed by atoms with van der Waals surface area (Å²) in [7, 11) is 0. The van der Waals surface area contributed by atoms with Gasteiger partial charge in [-0.2, -0.15) is 0 Å². The number of hydrogen-bond acceptors (Lipinski definition) is 4. The van der Waals surface area contributed by atoms with Crippen LogP contribution in [0.3, 0.4) is 0 Å². The molecule has 1 unspecified atom stereocenters. The molecule has 2 amide bonds. The van der Waals surface area contributed by atoms with Crippen molar-refractivity contribution in [3.63, 3.8) is 0 Å². The van der Waals surface area contributed by atoms with E-state index in [1.165, 1.54) is 23.8 Å². The summed E-state index contributed by atoms with van der Waals surface area (Å²) in [6.45, 7) is 13.6. The summed E-state index contributed by atoms with van der Waals surface area (Å²) in [5.41, 5.74) is 3.36. The maximum Gasteiger partial charge on any atom is 0.251 e. The van der Waals surface area contributed by atoms with Crippen LogP contribution in [0.2, 0.25) is 5.02 Å². The SMILES string of the molecule is CCN(CC)CCNC(=O)c1ccc(C(C)N2CCC(NC(=O)c3ccc(F)c(Cl)c3)CC2)c(C)c1. The van der Waals surface area contributed by atoms with Crippen LogP contribution in [0.15, 0.2) is 36.4 Å². The first-order valence-corrected chi connectivity index (χ1v) is 13.2. The first-order valence-electron chi connectivity index (χ1n) is 12.8. The zero-order valence-electron chi connectivity index (χ0n) is 21.7. The molecule has 36 heavy (non-hydrogen) atoms. The summed E-state index contributed by atoms with van der Waals surface area (Å²) >= 11 is 5.81. The molecule has 2 aromatic carbocycles. The molecule has 0 aliphatic carbocycles. The highest BCUT2D eigenvalue weighted by atomic mass is 35.5. The third kappa shape index (κ3) is 7.28. The lowest BCUT2D eigenvalue weighted by atomic mass is 9.95. The van der Waals surface area contributed by atoms with Crippen LogP contribution >= 0.6 is 11.6 Å². The number of amides is 2. The summed E-state index contributed by atoms with van der Waals surface area (Å²) in [6, 6.07) is 10.2. The van der Waals surface area contributed by atoms with E-state index in [1.807, 2.05) is 12.1 Å². The van der Waals surface area contributed by atoms with Crippen molar-refractivity contribution in [2.75, 3.05) is 39.3 Å². The number of halogens is 2. The maximum atomic E-state index is 13.4. The van der Waals surface area contributed by atoms with Crippen molar-refractivity contribution in [3.8, 4) is 0 Å². The number of likely N-dealkylation sites (N-methyl/N-ethyl adjacent to an activating group) is 1. The van der Waals surface area contributed by atoms with Crippen LogP contribution < -0.4 is 10.6 Å². The Labute approximate surface area is 219 Å². The zero-order chi connectivity index (χ0) is 26.2. The summed E-state index contributed by atoms with van der Waals surface area (Å²) in [4.78, 5) is 29.8. The molecule has 0 saturated carbocycles. The predicted octanol–water partition coefficient (Wildman–Crippen LogP) is 4.81. The summed E-state index contributed by atoms with van der Waals surface area (Å²) in [5, 5.41) is 6.02. The quantitative estimate of drug-likeness (QED) is 0.475. The largest absolute Gasteiger partial charge is 0.351 e. The lowest BCUT2D eigenvalue weighted by Gasteiger charge is -2.37. The Balaban J connectivity index is 1.51. The van der Waals surface area contributed by atoms with E-state index in [0.29, 0.717) is 17.7 Å². The lowest BCUT2D eigenvalue weighted by molar-refractivity contribution is 0.0894. The first kappa shape index (κ1) is 28.1. The zero-order valence-corrected chi connectivity index (χ0v) is 22.5. The highest BCUT2D eigenvalue weighted by Crippen LogP contribution is 2.27. The van der Waals surface area contributed by atoms with Gasteiger partial charge in [0.15, 0.2) is 0 Å². The number of carbonyl (C=O) groups is 2. The molecule has 1 heterocycles. The van der Waals surface area contributed by atoms with Gasteiger partial charge in [0.1, 0.15) is 5.82 Å². The van der Waals surface area contributed by atoms with Gasteiger partial charge in [0.25, 0.3) is 11.8 Å². The molecule has 1 atom stereocenters. The molecule has 1 aliphatic heterocycles. The molecule has 0 aromatic heterocycles. The summed E-state index contributed by atoms with van der Waals surface area (Å²) < 4.78 is 13.4.